The van der Waals surface area contributed by atoms with Gasteiger partial charge >= 0.3 is 6.03 Å². The van der Waals surface area contributed by atoms with Crippen LogP contribution in [-0.2, 0) is 10.5 Å². The van der Waals surface area contributed by atoms with Gasteiger partial charge in [0.25, 0.3) is 0 Å². The Labute approximate surface area is 262 Å². The Balaban J connectivity index is 1.69. The summed E-state index contributed by atoms with van der Waals surface area (Å²) in [6, 6.07) is 7.49. The van der Waals surface area contributed by atoms with Crippen LogP contribution in [0.25, 0.3) is 0 Å². The largest absolute Gasteiger partial charge is 0.336 e. The maximum absolute atomic E-state index is 12.5. The van der Waals surface area contributed by atoms with Gasteiger partial charge in [0.2, 0.25) is 16.2 Å². The highest BCUT2D eigenvalue weighted by molar-refractivity contribution is 7.98. The number of benzene rings is 1. The van der Waals surface area contributed by atoms with Crippen molar-refractivity contribution in [1.82, 2.24) is 20.1 Å². The lowest BCUT2D eigenvalue weighted by Gasteiger charge is -2.18. The van der Waals surface area contributed by atoms with Crippen molar-refractivity contribution in [2.45, 2.75) is 134 Å². The van der Waals surface area contributed by atoms with Crippen LogP contribution in [0.2, 0.25) is 0 Å². The third-order valence-corrected chi connectivity index (χ3v) is 8.95. The summed E-state index contributed by atoms with van der Waals surface area (Å²) >= 11 is 2.72. The predicted molar refractivity (Wildman–Crippen MR) is 179 cm³/mol. The summed E-state index contributed by atoms with van der Waals surface area (Å²) in [5, 5.41) is 7.05. The lowest BCUT2D eigenvalue weighted by Crippen LogP contribution is -2.41. The molecule has 0 aliphatic heterocycles. The number of hydrogen-bond acceptors (Lipinski definition) is 7. The molecule has 0 bridgehead atoms. The van der Waals surface area contributed by atoms with Crippen LogP contribution in [0, 0.1) is 5.92 Å². The van der Waals surface area contributed by atoms with Crippen LogP contribution in [0.4, 0.5) is 15.6 Å². The molecule has 0 spiro atoms. The standard InChI is InChI=1S/C32H54N6O2S2/c1-4-6-8-10-12-13-15-17-20-27(19-16-14-11-9-7-5-2)24-33-30(40)36-37-31-35-32(38-42-31)41-25-28-21-18-22-29(23-28)34-26(3)39/h18,21-23,27H,4-17,19-20,24-25H2,1-3H3,(H,34,39)(H2,33,36,40)(H,35,37,38). The van der Waals surface area contributed by atoms with E-state index in [9.17, 15) is 9.59 Å². The van der Waals surface area contributed by atoms with Crippen LogP contribution >= 0.6 is 23.3 Å². The summed E-state index contributed by atoms with van der Waals surface area (Å²) in [6.45, 7) is 6.72. The van der Waals surface area contributed by atoms with Gasteiger partial charge < -0.3 is 10.6 Å². The average molecular weight is 619 g/mol. The Bertz CT molecular complexity index is 1000. The quantitative estimate of drug-likeness (QED) is 0.0530. The topological polar surface area (TPSA) is 108 Å². The molecule has 0 saturated heterocycles. The molecule has 4 N–H and O–H groups in total. The number of aromatic nitrogens is 2. The van der Waals surface area contributed by atoms with Crippen LogP contribution in [-0.4, -0.2) is 27.8 Å². The summed E-state index contributed by atoms with van der Waals surface area (Å²) in [5.74, 6) is 1.11. The molecule has 8 nitrogen and oxygen atoms in total. The van der Waals surface area contributed by atoms with Crippen molar-refractivity contribution in [3.05, 3.63) is 29.8 Å². The van der Waals surface area contributed by atoms with Gasteiger partial charge in [0.05, 0.1) is 0 Å². The van der Waals surface area contributed by atoms with Gasteiger partial charge in [0, 0.05) is 36.4 Å². The molecule has 2 rings (SSSR count). The normalized spacial score (nSPS) is 11.7. The van der Waals surface area contributed by atoms with E-state index in [0.717, 1.165) is 11.3 Å². The van der Waals surface area contributed by atoms with Crippen LogP contribution in [0.5, 0.6) is 0 Å². The molecule has 1 atom stereocenters. The smallest absolute Gasteiger partial charge is 0.333 e. The van der Waals surface area contributed by atoms with Crippen LogP contribution < -0.4 is 21.5 Å². The third-order valence-electron chi connectivity index (χ3n) is 7.29. The molecule has 3 amide bonds. The maximum atomic E-state index is 12.5. The van der Waals surface area contributed by atoms with Crippen LogP contribution in [0.1, 0.15) is 129 Å². The van der Waals surface area contributed by atoms with Crippen LogP contribution in [0.3, 0.4) is 0 Å². The molecule has 0 saturated carbocycles. The first-order valence-corrected chi connectivity index (χ1v) is 17.9. The van der Waals surface area contributed by atoms with Crippen molar-refractivity contribution in [3.8, 4) is 0 Å². The number of nitrogens with one attached hydrogen (secondary N) is 4. The number of anilines is 2. The fraction of sp³-hybridized carbons (Fsp3) is 0.688. The molecule has 0 aliphatic carbocycles. The number of hydrazine groups is 1. The number of carbonyl (C=O) groups excluding carboxylic acids is 2. The van der Waals surface area contributed by atoms with Crippen molar-refractivity contribution >= 4 is 46.1 Å². The molecular weight excluding hydrogens is 565 g/mol. The second-order valence-electron chi connectivity index (χ2n) is 11.2. The number of carbonyl (C=O) groups is 2. The van der Waals surface area contributed by atoms with Crippen molar-refractivity contribution in [3.63, 3.8) is 0 Å². The van der Waals surface area contributed by atoms with E-state index < -0.39 is 0 Å². The summed E-state index contributed by atoms with van der Waals surface area (Å²) in [5.41, 5.74) is 7.45. The minimum Gasteiger partial charge on any atom is -0.336 e. The highest BCUT2D eigenvalue weighted by Crippen LogP contribution is 2.25. The first-order valence-electron chi connectivity index (χ1n) is 16.1. The zero-order chi connectivity index (χ0) is 30.3. The summed E-state index contributed by atoms with van der Waals surface area (Å²) < 4.78 is 4.37. The molecule has 1 unspecified atom stereocenters. The van der Waals surface area contributed by atoms with E-state index in [1.54, 1.807) is 0 Å². The zero-order valence-corrected chi connectivity index (χ0v) is 27.8. The Morgan fingerprint density at radius 1 is 0.881 bits per heavy atom. The Morgan fingerprint density at radius 3 is 2.12 bits per heavy atom. The second-order valence-corrected chi connectivity index (χ2v) is 12.9. The molecule has 42 heavy (non-hydrogen) atoms. The van der Waals surface area contributed by atoms with Crippen LogP contribution in [0.15, 0.2) is 29.4 Å². The molecule has 0 aliphatic rings. The van der Waals surface area contributed by atoms with E-state index >= 15 is 0 Å². The molecule has 0 radical (unpaired) electrons. The van der Waals surface area contributed by atoms with E-state index in [-0.39, 0.29) is 11.9 Å². The molecule has 1 heterocycles. The van der Waals surface area contributed by atoms with Crippen molar-refractivity contribution in [2.24, 2.45) is 5.92 Å². The molecule has 1 aromatic carbocycles. The van der Waals surface area contributed by atoms with E-state index in [1.165, 1.54) is 133 Å². The van der Waals surface area contributed by atoms with Crippen molar-refractivity contribution in [2.75, 3.05) is 17.3 Å². The van der Waals surface area contributed by atoms with Gasteiger partial charge in [0.15, 0.2) is 0 Å². The Kier molecular flexibility index (Phi) is 19.8. The van der Waals surface area contributed by atoms with Gasteiger partial charge in [-0.2, -0.15) is 9.36 Å². The first kappa shape index (κ1) is 35.9. The average Bonchev–Trinajstić information content (AvgIpc) is 3.44. The highest BCUT2D eigenvalue weighted by atomic mass is 32.2. The minimum absolute atomic E-state index is 0.0925. The lowest BCUT2D eigenvalue weighted by atomic mass is 9.94. The van der Waals surface area contributed by atoms with Gasteiger partial charge in [-0.05, 0) is 36.5 Å². The molecule has 1 aromatic heterocycles. The highest BCUT2D eigenvalue weighted by Gasteiger charge is 2.12. The summed E-state index contributed by atoms with van der Waals surface area (Å²) in [6.07, 6.45) is 20.8. The number of thioether (sulfide) groups is 1. The number of urea groups is 1. The molecular formula is C32H54N6O2S2. The van der Waals surface area contributed by atoms with Gasteiger partial charge in [-0.3, -0.25) is 10.2 Å². The monoisotopic (exact) mass is 618 g/mol. The van der Waals surface area contributed by atoms with E-state index in [2.05, 4.69) is 44.7 Å². The summed E-state index contributed by atoms with van der Waals surface area (Å²) in [7, 11) is 0. The SMILES string of the molecule is CCCCCCCCCCC(CCCCCCCC)CNC(=O)NNc1nc(SCc2cccc(NC(C)=O)c2)ns1. The number of nitrogens with zero attached hydrogens (tertiary/aromatic N) is 2. The third kappa shape index (κ3) is 17.6. The van der Waals surface area contributed by atoms with Gasteiger partial charge in [-0.25, -0.2) is 10.2 Å². The number of unbranched alkanes of at least 4 members (excludes halogenated alkanes) is 12. The second kappa shape index (κ2) is 23.2. The summed E-state index contributed by atoms with van der Waals surface area (Å²) in [4.78, 5) is 28.3. The first-order chi connectivity index (χ1) is 20.5. The van der Waals surface area contributed by atoms with Gasteiger partial charge in [-0.1, -0.05) is 128 Å². The maximum Gasteiger partial charge on any atom is 0.333 e. The molecule has 10 heteroatoms. The number of amides is 3. The number of hydrogen-bond donors (Lipinski definition) is 4. The Morgan fingerprint density at radius 2 is 1.50 bits per heavy atom. The number of rotatable bonds is 24. The zero-order valence-electron chi connectivity index (χ0n) is 26.1. The molecule has 0 fully saturated rings. The molecule has 236 valence electrons. The Hall–Kier alpha value is -2.33. The predicted octanol–water partition coefficient (Wildman–Crippen LogP) is 9.31. The lowest BCUT2D eigenvalue weighted by molar-refractivity contribution is -0.114. The van der Waals surface area contributed by atoms with Crippen molar-refractivity contribution in [1.29, 1.82) is 0 Å². The fourth-order valence-electron chi connectivity index (χ4n) is 4.93. The van der Waals surface area contributed by atoms with Crippen molar-refractivity contribution < 1.29 is 9.59 Å². The van der Waals surface area contributed by atoms with Gasteiger partial charge in [-0.15, -0.1) is 0 Å². The van der Waals surface area contributed by atoms with E-state index in [1.807, 2.05) is 24.3 Å². The van der Waals surface area contributed by atoms with E-state index in [0.29, 0.717) is 28.5 Å². The fourth-order valence-corrected chi connectivity index (χ4v) is 6.37. The van der Waals surface area contributed by atoms with E-state index in [4.69, 9.17) is 0 Å². The van der Waals surface area contributed by atoms with Gasteiger partial charge in [0.1, 0.15) is 0 Å². The minimum atomic E-state index is -0.238. The molecule has 2 aromatic rings.